The van der Waals surface area contributed by atoms with Gasteiger partial charge in [0.15, 0.2) is 11.9 Å². The number of guanidine groups is 1. The maximum atomic E-state index is 13.9. The smallest absolute Gasteiger partial charge is 0.254 e. The molecule has 0 saturated carbocycles. The van der Waals surface area contributed by atoms with E-state index in [1.807, 2.05) is 136 Å². The first-order chi connectivity index (χ1) is 25.2. The van der Waals surface area contributed by atoms with Gasteiger partial charge in [0.1, 0.15) is 6.04 Å². The fourth-order valence-corrected chi connectivity index (χ4v) is 13.1. The molecule has 0 radical (unpaired) electrons. The molecule has 0 aliphatic carbocycles. The van der Waals surface area contributed by atoms with Gasteiger partial charge in [0, 0.05) is 41.8 Å². The number of ether oxygens (including phenoxy) is 1. The van der Waals surface area contributed by atoms with Crippen molar-refractivity contribution in [3.63, 3.8) is 0 Å². The number of halogens is 6. The van der Waals surface area contributed by atoms with E-state index in [0.717, 1.165) is 0 Å². The summed E-state index contributed by atoms with van der Waals surface area (Å²) in [5, 5.41) is 22.4. The van der Waals surface area contributed by atoms with Crippen molar-refractivity contribution >= 4 is 194 Å². The highest BCUT2D eigenvalue weighted by Crippen LogP contribution is 2.38. The Balaban J connectivity index is 2.62. The summed E-state index contributed by atoms with van der Waals surface area (Å²) in [6, 6.07) is -1.19. The molecule has 0 heterocycles. The number of aliphatic hydroxyl groups excluding tert-OH is 1. The zero-order valence-corrected chi connectivity index (χ0v) is 41.9. The van der Waals surface area contributed by atoms with Gasteiger partial charge in [-0.15, -0.1) is 0 Å². The topological polar surface area (TPSA) is 272 Å². The molecule has 0 saturated heterocycles. The van der Waals surface area contributed by atoms with Gasteiger partial charge in [-0.25, -0.2) is 4.99 Å². The van der Waals surface area contributed by atoms with Gasteiger partial charge >= 0.3 is 0 Å². The van der Waals surface area contributed by atoms with Crippen molar-refractivity contribution in [2.75, 3.05) is 59.8 Å². The van der Waals surface area contributed by atoms with Crippen LogP contribution in [0.2, 0.25) is 0 Å². The number of likely N-dealkylation sites (N-methyl/N-ethyl adjacent to an activating group) is 1. The molecule has 294 valence electrons. The van der Waals surface area contributed by atoms with Crippen molar-refractivity contribution in [1.29, 1.82) is 0 Å². The van der Waals surface area contributed by atoms with E-state index < -0.39 is 48.0 Å². The molecule has 54 heavy (non-hydrogen) atoms. The third kappa shape index (κ3) is 12.2. The molecule has 6 amide bonds. The first kappa shape index (κ1) is 48.5. The predicted octanol–water partition coefficient (Wildman–Crippen LogP) is 1.92. The van der Waals surface area contributed by atoms with Gasteiger partial charge in [-0.3, -0.25) is 33.8 Å². The van der Waals surface area contributed by atoms with Crippen LogP contribution in [0.1, 0.15) is 48.4 Å². The maximum absolute atomic E-state index is 13.9. The normalized spacial score (nSPS) is 11.5. The Morgan fingerprint density at radius 1 is 0.796 bits per heavy atom. The minimum absolute atomic E-state index is 0.0124. The summed E-state index contributed by atoms with van der Waals surface area (Å²) in [5.41, 5.74) is 11.6. The zero-order chi connectivity index (χ0) is 41.2. The molecule has 2 rings (SSSR count). The van der Waals surface area contributed by atoms with Gasteiger partial charge in [-0.1, -0.05) is 0 Å². The Bertz CT molecular complexity index is 1920. The maximum Gasteiger partial charge on any atom is 0.254 e. The van der Waals surface area contributed by atoms with Crippen LogP contribution in [-0.4, -0.2) is 118 Å². The Morgan fingerprint density at radius 3 is 1.78 bits per heavy atom. The molecule has 0 aliphatic rings. The van der Waals surface area contributed by atoms with Crippen molar-refractivity contribution in [3.05, 3.63) is 43.7 Å². The average molecular weight is 1420 g/mol. The van der Waals surface area contributed by atoms with Crippen LogP contribution in [-0.2, 0) is 14.3 Å². The number of carbonyl (C=O) groups is 6. The second-order valence-electron chi connectivity index (χ2n) is 10.8. The Morgan fingerprint density at radius 2 is 1.30 bits per heavy atom. The molecule has 0 spiro atoms. The highest BCUT2D eigenvalue weighted by atomic mass is 127. The molecule has 18 nitrogen and oxygen atoms in total. The van der Waals surface area contributed by atoms with Crippen LogP contribution in [0.4, 0.5) is 11.4 Å². The molecule has 0 aromatic heterocycles. The van der Waals surface area contributed by atoms with Crippen LogP contribution in [0.15, 0.2) is 9.98 Å². The minimum Gasteiger partial charge on any atom is -0.484 e. The summed E-state index contributed by atoms with van der Waals surface area (Å²) in [6.45, 7) is 0.318. The highest BCUT2D eigenvalue weighted by Gasteiger charge is 2.32. The molecular weight excluding hydrogens is 1390 g/mol. The van der Waals surface area contributed by atoms with Crippen molar-refractivity contribution in [2.45, 2.75) is 13.0 Å². The van der Waals surface area contributed by atoms with Crippen LogP contribution >= 0.6 is 136 Å². The number of aliphatic hydroxyl groups is 1. The number of nitrogens with zero attached hydrogens (tertiary/aromatic N) is 3. The summed E-state index contributed by atoms with van der Waals surface area (Å²) in [4.78, 5) is 89.8. The molecule has 0 aliphatic heterocycles. The molecule has 0 bridgehead atoms. The summed E-state index contributed by atoms with van der Waals surface area (Å²) >= 11 is 11.3. The quantitative estimate of drug-likeness (QED) is 0.0774. The SMILES string of the molecule is CNC(=O)c1c(I)c(N=C(C)OC)c(I)c(C(=O)NCC(=O)Nc2c(I)c(C(=O)NCCO)c(I)c(C(=O)NC(CN=C(N)N)C(=O)N(C)C)c2I)c1I. The van der Waals surface area contributed by atoms with Gasteiger partial charge in [-0.05, 0) is 136 Å². The number of carbonyl (C=O) groups excluding carboxylic acids is 6. The van der Waals surface area contributed by atoms with Crippen molar-refractivity contribution in [2.24, 2.45) is 21.5 Å². The number of rotatable bonds is 14. The number of anilines is 1. The lowest BCUT2D eigenvalue weighted by Crippen LogP contribution is -2.49. The first-order valence-electron chi connectivity index (χ1n) is 15.0. The van der Waals surface area contributed by atoms with E-state index in [2.05, 4.69) is 36.6 Å². The summed E-state index contributed by atoms with van der Waals surface area (Å²) in [7, 11) is 5.87. The Hall–Kier alpha value is -1.66. The summed E-state index contributed by atoms with van der Waals surface area (Å²) < 4.78 is 7.08. The lowest BCUT2D eigenvalue weighted by molar-refractivity contribution is -0.130. The number of nitrogens with two attached hydrogens (primary N) is 2. The van der Waals surface area contributed by atoms with Gasteiger partial charge < -0.3 is 52.8 Å². The zero-order valence-electron chi connectivity index (χ0n) is 29.0. The average Bonchev–Trinajstić information content (AvgIpc) is 3.10. The monoisotopic (exact) mass is 1420 g/mol. The third-order valence-corrected chi connectivity index (χ3v) is 13.3. The van der Waals surface area contributed by atoms with E-state index in [-0.39, 0.29) is 70.2 Å². The number of methoxy groups -OCH3 is 1. The molecule has 0 fully saturated rings. The number of hydrogen-bond donors (Lipinski definition) is 8. The molecular formula is C30H34I6N10O8. The molecule has 2 aromatic carbocycles. The molecule has 1 unspecified atom stereocenters. The Kier molecular flexibility index (Phi) is 20.0. The van der Waals surface area contributed by atoms with E-state index in [9.17, 15) is 33.9 Å². The van der Waals surface area contributed by atoms with Crippen LogP contribution in [0.3, 0.4) is 0 Å². The van der Waals surface area contributed by atoms with Gasteiger partial charge in [0.05, 0.1) is 74.7 Å². The second-order valence-corrected chi connectivity index (χ2v) is 17.2. The minimum atomic E-state index is -1.19. The standard InChI is InChI=1S/C30H34I6N10O8/c1-10(54-5)43-23-19(33)13(25(49)39-2)17(31)15(20(23)34)27(51)41-9-12(48)45-24-21(35)14(26(50)40-6-7-47)18(32)16(22(24)36)28(52)44-11(8-42-30(37)38)29(53)46(3)4/h11,47H,6-9H2,1-5H3,(H,39,49)(H,40,50)(H,41,51)(H,44,52)(H,45,48)(H4,37,38,42). The van der Waals surface area contributed by atoms with Gasteiger partial charge in [0.2, 0.25) is 11.8 Å². The third-order valence-electron chi connectivity index (χ3n) is 6.88. The lowest BCUT2D eigenvalue weighted by Gasteiger charge is -2.23. The van der Waals surface area contributed by atoms with Crippen molar-refractivity contribution < 1.29 is 38.6 Å². The number of aliphatic imine (C=N–C) groups is 2. The molecule has 2 aromatic rings. The predicted molar refractivity (Wildman–Crippen MR) is 253 cm³/mol. The molecule has 1 atom stereocenters. The van der Waals surface area contributed by atoms with E-state index in [1.165, 1.54) is 33.2 Å². The van der Waals surface area contributed by atoms with E-state index in [4.69, 9.17) is 16.2 Å². The second kappa shape index (κ2) is 22.3. The number of amides is 6. The number of nitrogens with one attached hydrogen (secondary N) is 5. The summed E-state index contributed by atoms with van der Waals surface area (Å²) in [5.74, 6) is -3.80. The van der Waals surface area contributed by atoms with Crippen LogP contribution < -0.4 is 38.1 Å². The van der Waals surface area contributed by atoms with Crippen molar-refractivity contribution in [1.82, 2.24) is 26.2 Å². The van der Waals surface area contributed by atoms with Gasteiger partial charge in [-0.2, -0.15) is 0 Å². The number of benzene rings is 2. The van der Waals surface area contributed by atoms with Crippen molar-refractivity contribution in [3.8, 4) is 0 Å². The lowest BCUT2D eigenvalue weighted by atomic mass is 10.1. The van der Waals surface area contributed by atoms with E-state index in [0.29, 0.717) is 16.4 Å². The Labute approximate surface area is 391 Å². The van der Waals surface area contributed by atoms with Crippen LogP contribution in [0.25, 0.3) is 0 Å². The van der Waals surface area contributed by atoms with E-state index in [1.54, 1.807) is 6.92 Å². The molecule has 24 heteroatoms. The fourth-order valence-electron chi connectivity index (χ4n) is 4.26. The van der Waals surface area contributed by atoms with Crippen LogP contribution in [0, 0.1) is 21.4 Å². The number of hydrogen-bond acceptors (Lipinski definition) is 10. The van der Waals surface area contributed by atoms with Crippen LogP contribution in [0.5, 0.6) is 0 Å². The molecule has 10 N–H and O–H groups in total. The largest absolute Gasteiger partial charge is 0.484 e. The fraction of sp³-hybridized carbons (Fsp3) is 0.333. The first-order valence-corrected chi connectivity index (χ1v) is 21.5. The highest BCUT2D eigenvalue weighted by molar-refractivity contribution is 14.1. The van der Waals surface area contributed by atoms with Gasteiger partial charge in [0.25, 0.3) is 23.6 Å². The van der Waals surface area contributed by atoms with E-state index >= 15 is 0 Å². The summed E-state index contributed by atoms with van der Waals surface area (Å²) in [6.07, 6.45) is 0.